The van der Waals surface area contributed by atoms with E-state index in [1.165, 1.54) is 5.56 Å². The van der Waals surface area contributed by atoms with Gasteiger partial charge in [0.1, 0.15) is 0 Å². The average molecular weight is 148 g/mol. The first kappa shape index (κ1) is 8.28. The van der Waals surface area contributed by atoms with Crippen molar-refractivity contribution in [2.45, 2.75) is 12.5 Å². The van der Waals surface area contributed by atoms with Crippen molar-refractivity contribution in [1.29, 1.82) is 0 Å². The van der Waals surface area contributed by atoms with Gasteiger partial charge < -0.3 is 5.11 Å². The van der Waals surface area contributed by atoms with E-state index in [1.807, 2.05) is 30.3 Å². The van der Waals surface area contributed by atoms with Gasteiger partial charge in [-0.2, -0.15) is 0 Å². The van der Waals surface area contributed by atoms with Crippen LogP contribution >= 0.6 is 0 Å². The standard InChI is InChI=1S/C10H12O/c1-9(11)7-8-10-5-3-2-4-6-10/h2-7,9,11H,1,8H2. The van der Waals surface area contributed by atoms with Crippen LogP contribution < -0.4 is 0 Å². The van der Waals surface area contributed by atoms with Crippen LogP contribution in [0.1, 0.15) is 5.56 Å². The molecular weight excluding hydrogens is 136 g/mol. The van der Waals surface area contributed by atoms with Gasteiger partial charge in [0.05, 0.1) is 6.10 Å². The van der Waals surface area contributed by atoms with Crippen LogP contribution in [0.3, 0.4) is 0 Å². The van der Waals surface area contributed by atoms with Crippen molar-refractivity contribution >= 4 is 0 Å². The Kier molecular flexibility index (Phi) is 3.12. The van der Waals surface area contributed by atoms with Gasteiger partial charge in [-0.15, -0.1) is 0 Å². The molecule has 1 aromatic carbocycles. The second-order valence-electron chi connectivity index (χ2n) is 2.49. The summed E-state index contributed by atoms with van der Waals surface area (Å²) in [6.07, 6.45) is 2.00. The minimum Gasteiger partial charge on any atom is -0.393 e. The van der Waals surface area contributed by atoms with Gasteiger partial charge >= 0.3 is 0 Å². The van der Waals surface area contributed by atoms with Crippen LogP contribution in [0, 0.1) is 13.3 Å². The van der Waals surface area contributed by atoms with Crippen molar-refractivity contribution < 1.29 is 5.11 Å². The first-order valence-electron chi connectivity index (χ1n) is 3.67. The zero-order valence-electron chi connectivity index (χ0n) is 6.40. The molecule has 11 heavy (non-hydrogen) atoms. The van der Waals surface area contributed by atoms with E-state index in [2.05, 4.69) is 6.92 Å². The van der Waals surface area contributed by atoms with Crippen molar-refractivity contribution in [2.75, 3.05) is 0 Å². The molecule has 1 rings (SSSR count). The molecule has 2 radical (unpaired) electrons. The van der Waals surface area contributed by atoms with E-state index in [9.17, 15) is 0 Å². The molecule has 1 N–H and O–H groups in total. The molecule has 1 heteroatoms. The maximum absolute atomic E-state index is 8.85. The van der Waals surface area contributed by atoms with Gasteiger partial charge in [-0.25, -0.2) is 0 Å². The second kappa shape index (κ2) is 4.14. The Bertz CT molecular complexity index is 191. The molecule has 58 valence electrons. The average Bonchev–Trinajstić information content (AvgIpc) is 2.03. The van der Waals surface area contributed by atoms with E-state index in [4.69, 9.17) is 5.11 Å². The quantitative estimate of drug-likeness (QED) is 0.690. The first-order valence-corrected chi connectivity index (χ1v) is 3.67. The highest BCUT2D eigenvalue weighted by molar-refractivity contribution is 5.16. The van der Waals surface area contributed by atoms with Gasteiger partial charge in [0.2, 0.25) is 0 Å². The van der Waals surface area contributed by atoms with Crippen molar-refractivity contribution in [3.8, 4) is 0 Å². The van der Waals surface area contributed by atoms with E-state index in [0.29, 0.717) is 0 Å². The Hall–Kier alpha value is -0.820. The molecular formula is C10H12O. The van der Waals surface area contributed by atoms with Gasteiger partial charge in [-0.3, -0.25) is 0 Å². The number of hydrogen-bond donors (Lipinski definition) is 1. The van der Waals surface area contributed by atoms with Gasteiger partial charge in [0.15, 0.2) is 0 Å². The Morgan fingerprint density at radius 2 is 2.00 bits per heavy atom. The molecule has 0 bridgehead atoms. The van der Waals surface area contributed by atoms with E-state index in [0.717, 1.165) is 6.42 Å². The van der Waals surface area contributed by atoms with Crippen LogP contribution in [0.25, 0.3) is 0 Å². The SMILES string of the molecule is [CH2]C(O)[CH]Cc1ccccc1. The molecule has 0 heterocycles. The maximum atomic E-state index is 8.85. The summed E-state index contributed by atoms with van der Waals surface area (Å²) in [6.45, 7) is 3.45. The Labute approximate surface area is 67.7 Å². The molecule has 1 atom stereocenters. The summed E-state index contributed by atoms with van der Waals surface area (Å²) in [6, 6.07) is 10.00. The highest BCUT2D eigenvalue weighted by atomic mass is 16.3. The summed E-state index contributed by atoms with van der Waals surface area (Å²) in [5.74, 6) is 0. The van der Waals surface area contributed by atoms with Gasteiger partial charge in [0, 0.05) is 0 Å². The summed E-state index contributed by atoms with van der Waals surface area (Å²) >= 11 is 0. The van der Waals surface area contributed by atoms with Crippen molar-refractivity contribution in [1.82, 2.24) is 0 Å². The van der Waals surface area contributed by atoms with Crippen molar-refractivity contribution in [3.05, 3.63) is 49.2 Å². The summed E-state index contributed by atoms with van der Waals surface area (Å²) < 4.78 is 0. The zero-order chi connectivity index (χ0) is 8.10. The normalized spacial score (nSPS) is 12.9. The molecule has 0 aliphatic rings. The number of aliphatic hydroxyl groups excluding tert-OH is 1. The van der Waals surface area contributed by atoms with Crippen LogP contribution in [0.2, 0.25) is 0 Å². The van der Waals surface area contributed by atoms with E-state index < -0.39 is 6.10 Å². The molecule has 0 spiro atoms. The lowest BCUT2D eigenvalue weighted by atomic mass is 10.1. The van der Waals surface area contributed by atoms with E-state index >= 15 is 0 Å². The number of hydrogen-bond acceptors (Lipinski definition) is 1. The summed E-state index contributed by atoms with van der Waals surface area (Å²) in [5, 5.41) is 8.85. The molecule has 0 aliphatic carbocycles. The molecule has 0 saturated heterocycles. The lowest BCUT2D eigenvalue weighted by Gasteiger charge is -2.02. The molecule has 0 saturated carbocycles. The molecule has 1 nitrogen and oxygen atoms in total. The van der Waals surface area contributed by atoms with E-state index in [1.54, 1.807) is 6.42 Å². The minimum absolute atomic E-state index is 0.560. The predicted molar refractivity (Wildman–Crippen MR) is 45.8 cm³/mol. The monoisotopic (exact) mass is 148 g/mol. The molecule has 0 amide bonds. The fourth-order valence-electron chi connectivity index (χ4n) is 0.886. The lowest BCUT2D eigenvalue weighted by molar-refractivity contribution is 0.250. The lowest BCUT2D eigenvalue weighted by Crippen LogP contribution is -2.02. The Morgan fingerprint density at radius 3 is 2.55 bits per heavy atom. The largest absolute Gasteiger partial charge is 0.393 e. The topological polar surface area (TPSA) is 20.2 Å². The Morgan fingerprint density at radius 1 is 1.36 bits per heavy atom. The summed E-state index contributed by atoms with van der Waals surface area (Å²) in [4.78, 5) is 0. The first-order chi connectivity index (χ1) is 5.29. The van der Waals surface area contributed by atoms with Crippen LogP contribution in [0.4, 0.5) is 0 Å². The zero-order valence-corrected chi connectivity index (χ0v) is 6.40. The smallest absolute Gasteiger partial charge is 0.0576 e. The van der Waals surface area contributed by atoms with Crippen molar-refractivity contribution in [2.24, 2.45) is 0 Å². The number of benzene rings is 1. The Balaban J connectivity index is 2.39. The molecule has 0 fully saturated rings. The molecule has 1 unspecified atom stereocenters. The fourth-order valence-corrected chi connectivity index (χ4v) is 0.886. The summed E-state index contributed by atoms with van der Waals surface area (Å²) in [5.41, 5.74) is 1.20. The van der Waals surface area contributed by atoms with Gasteiger partial charge in [-0.1, -0.05) is 30.3 Å². The molecule has 1 aromatic rings. The highest BCUT2D eigenvalue weighted by Gasteiger charge is 1.96. The predicted octanol–water partition coefficient (Wildman–Crippen LogP) is 1.63. The van der Waals surface area contributed by atoms with Gasteiger partial charge in [0.25, 0.3) is 0 Å². The van der Waals surface area contributed by atoms with E-state index in [-0.39, 0.29) is 0 Å². The third-order valence-electron chi connectivity index (χ3n) is 1.47. The third kappa shape index (κ3) is 3.19. The molecule has 0 aromatic heterocycles. The number of rotatable bonds is 3. The minimum atomic E-state index is -0.560. The second-order valence-corrected chi connectivity index (χ2v) is 2.49. The van der Waals surface area contributed by atoms with Crippen LogP contribution in [-0.4, -0.2) is 11.2 Å². The van der Waals surface area contributed by atoms with Crippen LogP contribution in [-0.2, 0) is 6.42 Å². The van der Waals surface area contributed by atoms with Crippen LogP contribution in [0.15, 0.2) is 30.3 Å². The van der Waals surface area contributed by atoms with Crippen molar-refractivity contribution in [3.63, 3.8) is 0 Å². The number of aliphatic hydroxyl groups is 1. The van der Waals surface area contributed by atoms with Crippen LogP contribution in [0.5, 0.6) is 0 Å². The summed E-state index contributed by atoms with van der Waals surface area (Å²) in [7, 11) is 0. The maximum Gasteiger partial charge on any atom is 0.0576 e. The van der Waals surface area contributed by atoms with Gasteiger partial charge in [-0.05, 0) is 25.3 Å². The highest BCUT2D eigenvalue weighted by Crippen LogP contribution is 2.02. The fraction of sp³-hybridized carbons (Fsp3) is 0.200. The molecule has 0 aliphatic heterocycles. The third-order valence-corrected chi connectivity index (χ3v) is 1.47.